The van der Waals surface area contributed by atoms with Crippen molar-refractivity contribution in [3.8, 4) is 0 Å². The monoisotopic (exact) mass is 982 g/mol. The number of carbonyl (C=O) groups excluding carboxylic acids is 7. The Bertz CT molecular complexity index is 1600. The molecule has 0 aromatic carbocycles. The van der Waals surface area contributed by atoms with Crippen LogP contribution in [0.25, 0.3) is 0 Å². The van der Waals surface area contributed by atoms with Gasteiger partial charge in [-0.15, -0.1) is 0 Å². The highest BCUT2D eigenvalue weighted by Crippen LogP contribution is 2.35. The smallest absolute Gasteiger partial charge is 0.246 e. The zero-order valence-corrected chi connectivity index (χ0v) is 39.5. The van der Waals surface area contributed by atoms with E-state index in [1.807, 2.05) is 0 Å². The molecule has 0 aromatic heterocycles. The third kappa shape index (κ3) is 20.1. The molecular weight excluding hydrogens is 906 g/mol. The number of nitrogens with zero attached hydrogens (tertiary/aromatic N) is 3. The van der Waals surface area contributed by atoms with Crippen LogP contribution < -0.4 is 21.3 Å². The van der Waals surface area contributed by atoms with Gasteiger partial charge in [0, 0.05) is 86.0 Å². The largest absolute Gasteiger partial charge is 0.396 e. The number of carbonyl (C=O) groups is 7. The number of Topliss-reactive ketones (excluding diaryl/α,β-unsaturated/α-hetero) is 1. The van der Waals surface area contributed by atoms with Gasteiger partial charge in [0.15, 0.2) is 12.1 Å². The van der Waals surface area contributed by atoms with Crippen LogP contribution in [0.4, 0.5) is 0 Å². The van der Waals surface area contributed by atoms with Gasteiger partial charge in [-0.1, -0.05) is 6.42 Å². The predicted octanol–water partition coefficient (Wildman–Crippen LogP) is -3.07. The first-order chi connectivity index (χ1) is 32.2. The van der Waals surface area contributed by atoms with E-state index in [4.69, 9.17) is 18.9 Å². The minimum absolute atomic E-state index is 0.00367. The highest BCUT2D eigenvalue weighted by molar-refractivity contribution is 5.86. The summed E-state index contributed by atoms with van der Waals surface area (Å²) in [6.45, 7) is 4.15. The van der Waals surface area contributed by atoms with Gasteiger partial charge in [0.25, 0.3) is 0 Å². The molecule has 2 saturated heterocycles. The number of rotatable bonds is 32. The molecule has 10 atom stereocenters. The number of amides is 6. The second kappa shape index (κ2) is 31.2. The molecule has 0 radical (unpaired) electrons. The molecule has 26 heteroatoms. The number of aliphatic hydroxyl groups excluding tert-OH is 4. The lowest BCUT2D eigenvalue weighted by atomic mass is 9.89. The van der Waals surface area contributed by atoms with E-state index < -0.39 is 103 Å². The van der Waals surface area contributed by atoms with Crippen molar-refractivity contribution in [3.63, 3.8) is 0 Å². The van der Waals surface area contributed by atoms with Gasteiger partial charge in [0.05, 0.1) is 18.8 Å². The van der Waals surface area contributed by atoms with E-state index in [9.17, 15) is 74.7 Å². The molecule has 0 spiro atoms. The Hall–Kier alpha value is -4.03. The molecule has 12 N–H and O–H groups in total. The van der Waals surface area contributed by atoms with Crippen molar-refractivity contribution >= 4 is 41.2 Å². The average Bonchev–Trinajstić information content (AvgIpc) is 3.30. The molecule has 0 bridgehead atoms. The SMILES string of the molecule is CO[C@]1(O)C(NC(C)=O)[C@H](O[C@@H]2C(C(=O)CNCCCCCN(O)C(=O)CCC(=O)NCCCCCN(O)C(=O)CCC(=O)NCCCCN(O)C(C)=O)O[C@H](C)C(O)[C@H]2O)OC(CCO)[C@H]1O. The second-order valence-electron chi connectivity index (χ2n) is 16.8. The maximum atomic E-state index is 13.4. The number of ether oxygens (including phenoxy) is 4. The van der Waals surface area contributed by atoms with Crippen molar-refractivity contribution in [1.82, 2.24) is 36.5 Å². The number of methoxy groups -OCH3 is 1. The standard InChI is InChI=1S/C42H75N7O19/c1-26-35(58)36(59)38(68-41-39(46-27(2)51)42(61,65-4)40(60)30(67-41)17-24-50)37(66-26)29(53)25-43-18-7-5-10-22-48(63)33(56)15-13-31(54)44-19-8-6-11-23-49(64)34(57)16-14-32(55)45-20-9-12-21-47(62)28(3)52/h26,30,35-41,43,50,58-64H,5-25H2,1-4H3,(H,44,54)(H,45,55)(H,46,51)/t26-,30?,35?,36-,37?,38+,39?,40-,41+,42-/m1/s1. The third-order valence-corrected chi connectivity index (χ3v) is 11.4. The van der Waals surface area contributed by atoms with Crippen molar-refractivity contribution in [3.05, 3.63) is 0 Å². The molecule has 2 rings (SSSR count). The summed E-state index contributed by atoms with van der Waals surface area (Å²) in [6.07, 6.45) is -8.91. The van der Waals surface area contributed by atoms with Crippen molar-refractivity contribution in [2.75, 3.05) is 59.5 Å². The number of ketones is 1. The molecule has 0 aliphatic carbocycles. The van der Waals surface area contributed by atoms with E-state index in [1.54, 1.807) is 0 Å². The van der Waals surface area contributed by atoms with Gasteiger partial charge >= 0.3 is 0 Å². The Morgan fingerprint density at radius 2 is 1.21 bits per heavy atom. The molecule has 2 aliphatic heterocycles. The first kappa shape index (κ1) is 60.1. The minimum Gasteiger partial charge on any atom is -0.396 e. The fraction of sp³-hybridized carbons (Fsp3) is 0.833. The molecule has 0 saturated carbocycles. The lowest BCUT2D eigenvalue weighted by molar-refractivity contribution is -0.377. The van der Waals surface area contributed by atoms with Crippen LogP contribution >= 0.6 is 0 Å². The van der Waals surface area contributed by atoms with Gasteiger partial charge in [0.2, 0.25) is 41.2 Å². The van der Waals surface area contributed by atoms with E-state index in [0.29, 0.717) is 86.2 Å². The van der Waals surface area contributed by atoms with Crippen molar-refractivity contribution in [2.24, 2.45) is 0 Å². The van der Waals surface area contributed by atoms with Gasteiger partial charge in [-0.05, 0) is 64.8 Å². The summed E-state index contributed by atoms with van der Waals surface area (Å²) < 4.78 is 22.7. The van der Waals surface area contributed by atoms with Crippen LogP contribution in [0.3, 0.4) is 0 Å². The Kier molecular flexibility index (Phi) is 27.6. The van der Waals surface area contributed by atoms with Crippen LogP contribution in [0.5, 0.6) is 0 Å². The van der Waals surface area contributed by atoms with E-state index >= 15 is 0 Å². The first-order valence-electron chi connectivity index (χ1n) is 23.1. The molecule has 6 amide bonds. The van der Waals surface area contributed by atoms with Gasteiger partial charge in [-0.2, -0.15) is 0 Å². The van der Waals surface area contributed by atoms with Crippen LogP contribution in [0, 0.1) is 0 Å². The fourth-order valence-corrected chi connectivity index (χ4v) is 7.37. The van der Waals surface area contributed by atoms with Crippen LogP contribution in [0.1, 0.15) is 104 Å². The molecule has 2 aliphatic rings. The molecule has 2 heterocycles. The zero-order valence-electron chi connectivity index (χ0n) is 39.5. The molecule has 4 unspecified atom stereocenters. The van der Waals surface area contributed by atoms with Crippen molar-refractivity contribution in [1.29, 1.82) is 0 Å². The van der Waals surface area contributed by atoms with Gasteiger partial charge < -0.3 is 65.7 Å². The van der Waals surface area contributed by atoms with Crippen molar-refractivity contribution < 1.29 is 93.7 Å². The highest BCUT2D eigenvalue weighted by atomic mass is 16.7. The Morgan fingerprint density at radius 3 is 1.72 bits per heavy atom. The van der Waals surface area contributed by atoms with Crippen LogP contribution in [0.2, 0.25) is 0 Å². The van der Waals surface area contributed by atoms with E-state index in [-0.39, 0.29) is 64.2 Å². The number of hydrogen-bond acceptors (Lipinski definition) is 20. The molecule has 2 fully saturated rings. The molecular formula is C42H75N7O19. The summed E-state index contributed by atoms with van der Waals surface area (Å²) >= 11 is 0. The lowest BCUT2D eigenvalue weighted by Gasteiger charge is -2.51. The quantitative estimate of drug-likeness (QED) is 0.0138. The molecule has 68 heavy (non-hydrogen) atoms. The highest BCUT2D eigenvalue weighted by Gasteiger charge is 2.59. The minimum atomic E-state index is -2.50. The Morgan fingerprint density at radius 1 is 0.691 bits per heavy atom. The van der Waals surface area contributed by atoms with E-state index in [1.165, 1.54) is 13.8 Å². The zero-order chi connectivity index (χ0) is 51.0. The summed E-state index contributed by atoms with van der Waals surface area (Å²) in [5, 5.41) is 95.1. The molecule has 26 nitrogen and oxygen atoms in total. The summed E-state index contributed by atoms with van der Waals surface area (Å²) in [5.41, 5.74) is 0. The average molecular weight is 982 g/mol. The van der Waals surface area contributed by atoms with Crippen LogP contribution in [0.15, 0.2) is 0 Å². The van der Waals surface area contributed by atoms with E-state index in [2.05, 4.69) is 21.3 Å². The van der Waals surface area contributed by atoms with Gasteiger partial charge in [-0.3, -0.25) is 49.2 Å². The number of aliphatic hydroxyl groups is 5. The summed E-state index contributed by atoms with van der Waals surface area (Å²) in [5.74, 6) is -6.26. The second-order valence-corrected chi connectivity index (χ2v) is 16.8. The lowest BCUT2D eigenvalue weighted by Crippen LogP contribution is -2.73. The maximum absolute atomic E-state index is 13.4. The maximum Gasteiger partial charge on any atom is 0.246 e. The van der Waals surface area contributed by atoms with Crippen LogP contribution in [-0.4, -0.2) is 218 Å². The number of hydroxylamine groups is 6. The topological polar surface area (TPSA) is 376 Å². The van der Waals surface area contributed by atoms with E-state index in [0.717, 1.165) is 14.0 Å². The summed E-state index contributed by atoms with van der Waals surface area (Å²) in [6, 6.07) is -1.61. The first-order valence-corrected chi connectivity index (χ1v) is 23.1. The molecule has 392 valence electrons. The Balaban J connectivity index is 1.65. The third-order valence-electron chi connectivity index (χ3n) is 11.4. The van der Waals surface area contributed by atoms with Crippen LogP contribution in [-0.2, 0) is 52.5 Å². The fourth-order valence-electron chi connectivity index (χ4n) is 7.37. The number of nitrogens with one attached hydrogen (secondary N) is 4. The van der Waals surface area contributed by atoms with Crippen molar-refractivity contribution in [2.45, 2.75) is 165 Å². The van der Waals surface area contributed by atoms with Gasteiger partial charge in [-0.25, -0.2) is 15.2 Å². The number of hydrogen-bond donors (Lipinski definition) is 12. The summed E-state index contributed by atoms with van der Waals surface area (Å²) in [4.78, 5) is 85.2. The number of unbranched alkanes of at least 4 members (excludes halogenated alkanes) is 5. The van der Waals surface area contributed by atoms with Gasteiger partial charge in [0.1, 0.15) is 36.6 Å². The predicted molar refractivity (Wildman–Crippen MR) is 233 cm³/mol. The molecule has 0 aromatic rings. The normalized spacial score (nSPS) is 25.8. The Labute approximate surface area is 395 Å². The summed E-state index contributed by atoms with van der Waals surface area (Å²) in [7, 11) is 1.06.